The summed E-state index contributed by atoms with van der Waals surface area (Å²) in [5.74, 6) is 1.23. The van der Waals surface area contributed by atoms with Crippen molar-refractivity contribution in [2.45, 2.75) is 43.3 Å². The minimum atomic E-state index is -0.267. The van der Waals surface area contributed by atoms with Crippen molar-refractivity contribution in [1.82, 2.24) is 15.5 Å². The Morgan fingerprint density at radius 2 is 2.00 bits per heavy atom. The third-order valence-corrected chi connectivity index (χ3v) is 7.19. The Hall–Kier alpha value is -3.83. The number of benzene rings is 3. The minimum absolute atomic E-state index is 0.0688. The molecule has 1 saturated carbocycles. The fourth-order valence-electron chi connectivity index (χ4n) is 5.23. The molecule has 1 heterocycles. The van der Waals surface area contributed by atoms with Gasteiger partial charge in [0.15, 0.2) is 0 Å². The molecule has 0 bridgehead atoms. The molecule has 2 aliphatic rings. The van der Waals surface area contributed by atoms with E-state index >= 15 is 0 Å². The lowest BCUT2D eigenvalue weighted by Gasteiger charge is -2.35. The zero-order valence-electron chi connectivity index (χ0n) is 20.5. The predicted molar refractivity (Wildman–Crippen MR) is 137 cm³/mol. The van der Waals surface area contributed by atoms with E-state index in [2.05, 4.69) is 34.6 Å². The van der Waals surface area contributed by atoms with Crippen molar-refractivity contribution in [3.63, 3.8) is 0 Å². The summed E-state index contributed by atoms with van der Waals surface area (Å²) >= 11 is 0. The number of nitriles is 1. The normalized spacial score (nSPS) is 19.2. The van der Waals surface area contributed by atoms with Gasteiger partial charge in [-0.2, -0.15) is 5.26 Å². The highest BCUT2D eigenvalue weighted by Gasteiger charge is 2.51. The van der Waals surface area contributed by atoms with Crippen LogP contribution in [-0.4, -0.2) is 54.3 Å². The summed E-state index contributed by atoms with van der Waals surface area (Å²) in [4.78, 5) is 6.27. The van der Waals surface area contributed by atoms with Gasteiger partial charge in [-0.1, -0.05) is 24.3 Å². The lowest BCUT2D eigenvalue weighted by molar-refractivity contribution is 0.223. The summed E-state index contributed by atoms with van der Waals surface area (Å²) in [6.07, 6.45) is 5.36. The predicted octanol–water partition coefficient (Wildman–Crippen LogP) is 3.71. The van der Waals surface area contributed by atoms with E-state index in [0.717, 1.165) is 46.9 Å². The molecule has 3 N–H and O–H groups in total. The number of ether oxygens (including phenoxy) is 1. The van der Waals surface area contributed by atoms with Crippen LogP contribution in [0.2, 0.25) is 0 Å². The highest BCUT2D eigenvalue weighted by molar-refractivity contribution is 5.90. The molecular weight excluding hydrogens is 457 g/mol. The van der Waals surface area contributed by atoms with Gasteiger partial charge in [0.05, 0.1) is 11.6 Å². The SMILES string of the molecule is CN(C)C(Cc1ccc(O)cc1)C1(NC(=NC#N)NC2COc3c(ccc4cc(F)ccc34)C2)CC1. The topological polar surface area (TPSA) is 92.9 Å². The fraction of sp³-hybridized carbons (Fsp3) is 0.357. The van der Waals surface area contributed by atoms with Gasteiger partial charge in [0.1, 0.15) is 23.9 Å². The Balaban J connectivity index is 1.30. The maximum atomic E-state index is 13.6. The van der Waals surface area contributed by atoms with E-state index < -0.39 is 0 Å². The van der Waals surface area contributed by atoms with Gasteiger partial charge >= 0.3 is 0 Å². The van der Waals surface area contributed by atoms with Gasteiger partial charge in [0, 0.05) is 11.4 Å². The summed E-state index contributed by atoms with van der Waals surface area (Å²) in [5, 5.41) is 27.7. The van der Waals surface area contributed by atoms with Gasteiger partial charge in [-0.15, -0.1) is 4.99 Å². The molecule has 1 aliphatic heterocycles. The van der Waals surface area contributed by atoms with Crippen molar-refractivity contribution in [3.05, 3.63) is 71.5 Å². The number of guanidine groups is 1. The largest absolute Gasteiger partial charge is 0.508 e. The first kappa shape index (κ1) is 23.9. The van der Waals surface area contributed by atoms with Crippen LogP contribution in [0.25, 0.3) is 10.8 Å². The summed E-state index contributed by atoms with van der Waals surface area (Å²) in [6.45, 7) is 0.410. The van der Waals surface area contributed by atoms with E-state index in [0.29, 0.717) is 19.0 Å². The summed E-state index contributed by atoms with van der Waals surface area (Å²) < 4.78 is 19.7. The number of aromatic hydroxyl groups is 1. The Labute approximate surface area is 210 Å². The van der Waals surface area contributed by atoms with Crippen LogP contribution >= 0.6 is 0 Å². The summed E-state index contributed by atoms with van der Waals surface area (Å²) in [5.41, 5.74) is 1.96. The van der Waals surface area contributed by atoms with Crippen LogP contribution in [0.3, 0.4) is 0 Å². The second kappa shape index (κ2) is 9.67. The maximum Gasteiger partial charge on any atom is 0.209 e. The van der Waals surface area contributed by atoms with Crippen LogP contribution in [0, 0.1) is 17.3 Å². The molecule has 0 saturated heterocycles. The van der Waals surface area contributed by atoms with Crippen molar-refractivity contribution in [2.24, 2.45) is 4.99 Å². The molecule has 0 spiro atoms. The lowest BCUT2D eigenvalue weighted by atomic mass is 9.96. The van der Waals surface area contributed by atoms with Crippen molar-refractivity contribution in [2.75, 3.05) is 20.7 Å². The van der Waals surface area contributed by atoms with Crippen molar-refractivity contribution >= 4 is 16.7 Å². The van der Waals surface area contributed by atoms with Crippen molar-refractivity contribution in [1.29, 1.82) is 5.26 Å². The second-order valence-corrected chi connectivity index (χ2v) is 9.97. The molecule has 8 heteroatoms. The summed E-state index contributed by atoms with van der Waals surface area (Å²) in [7, 11) is 4.12. The molecule has 2 unspecified atom stereocenters. The highest BCUT2D eigenvalue weighted by Crippen LogP contribution is 2.42. The number of aliphatic imine (C=N–C) groups is 1. The summed E-state index contributed by atoms with van der Waals surface area (Å²) in [6, 6.07) is 16.0. The van der Waals surface area contributed by atoms with Gasteiger partial charge in [-0.3, -0.25) is 0 Å². The molecule has 5 rings (SSSR count). The molecule has 36 heavy (non-hydrogen) atoms. The van der Waals surface area contributed by atoms with Crippen molar-refractivity contribution in [3.8, 4) is 17.7 Å². The molecule has 3 aromatic carbocycles. The molecule has 0 aromatic heterocycles. The number of nitrogens with one attached hydrogen (secondary N) is 2. The van der Waals surface area contributed by atoms with Crippen LogP contribution in [0.1, 0.15) is 24.0 Å². The molecule has 186 valence electrons. The van der Waals surface area contributed by atoms with Crippen molar-refractivity contribution < 1.29 is 14.2 Å². The monoisotopic (exact) mass is 487 g/mol. The van der Waals surface area contributed by atoms with Gasteiger partial charge in [-0.25, -0.2) is 4.39 Å². The van der Waals surface area contributed by atoms with E-state index in [1.807, 2.05) is 30.5 Å². The lowest BCUT2D eigenvalue weighted by Crippen LogP contribution is -2.58. The second-order valence-electron chi connectivity index (χ2n) is 9.97. The maximum absolute atomic E-state index is 13.6. The number of fused-ring (bicyclic) bond motifs is 3. The quantitative estimate of drug-likeness (QED) is 0.279. The molecule has 0 amide bonds. The Kier molecular flexibility index (Phi) is 6.42. The average Bonchev–Trinajstić information content (AvgIpc) is 3.63. The fourth-order valence-corrected chi connectivity index (χ4v) is 5.23. The Morgan fingerprint density at radius 1 is 1.22 bits per heavy atom. The number of phenols is 1. The Morgan fingerprint density at radius 3 is 2.69 bits per heavy atom. The number of hydrogen-bond acceptors (Lipinski definition) is 5. The average molecular weight is 488 g/mol. The third kappa shape index (κ3) is 4.93. The van der Waals surface area contributed by atoms with Crippen LogP contribution in [0.5, 0.6) is 11.5 Å². The van der Waals surface area contributed by atoms with E-state index in [9.17, 15) is 14.8 Å². The van der Waals surface area contributed by atoms with E-state index in [-0.39, 0.29) is 29.2 Å². The molecule has 1 aliphatic carbocycles. The molecule has 1 fully saturated rings. The number of phenolic OH excluding ortho intramolecular Hbond substituents is 1. The minimum Gasteiger partial charge on any atom is -0.508 e. The van der Waals surface area contributed by atoms with E-state index in [1.54, 1.807) is 18.2 Å². The van der Waals surface area contributed by atoms with E-state index in [4.69, 9.17) is 4.74 Å². The molecule has 2 atom stereocenters. The first-order valence-electron chi connectivity index (χ1n) is 12.2. The highest BCUT2D eigenvalue weighted by atomic mass is 19.1. The van der Waals surface area contributed by atoms with Crippen LogP contribution in [0.15, 0.2) is 59.6 Å². The Bertz CT molecular complexity index is 1330. The van der Waals surface area contributed by atoms with Gasteiger partial charge in [0.25, 0.3) is 0 Å². The number of halogens is 1. The number of nitrogens with zero attached hydrogens (tertiary/aromatic N) is 3. The third-order valence-electron chi connectivity index (χ3n) is 7.19. The molecule has 3 aromatic rings. The van der Waals surface area contributed by atoms with Crippen LogP contribution in [-0.2, 0) is 12.8 Å². The molecular formula is C28H30FN5O2. The molecule has 7 nitrogen and oxygen atoms in total. The number of likely N-dealkylation sites (N-methyl/N-ethyl adjacent to an activating group) is 1. The van der Waals surface area contributed by atoms with E-state index in [1.165, 1.54) is 12.1 Å². The van der Waals surface area contributed by atoms with Gasteiger partial charge in [0.2, 0.25) is 12.2 Å². The smallest absolute Gasteiger partial charge is 0.209 e. The first-order valence-corrected chi connectivity index (χ1v) is 12.2. The standard InChI is InChI=1S/C28H30FN5O2/c1-34(2)25(13-18-3-8-23(35)9-4-18)28(11-12-28)33-27(31-17-30)32-22-15-20-6-5-19-14-21(29)7-10-24(19)26(20)36-16-22/h3-10,14,22,25,35H,11-13,15-16H2,1-2H3,(H2,31,32,33). The number of hydrogen-bond donors (Lipinski definition) is 3. The molecule has 0 radical (unpaired) electrons. The zero-order chi connectivity index (χ0) is 25.3. The zero-order valence-corrected chi connectivity index (χ0v) is 20.5. The van der Waals surface area contributed by atoms with Crippen LogP contribution in [0.4, 0.5) is 4.39 Å². The first-order chi connectivity index (χ1) is 17.4. The number of rotatable bonds is 6. The van der Waals surface area contributed by atoms with Gasteiger partial charge < -0.3 is 25.4 Å². The van der Waals surface area contributed by atoms with Crippen LogP contribution < -0.4 is 15.4 Å². The van der Waals surface area contributed by atoms with Gasteiger partial charge in [-0.05, 0) is 86.6 Å².